The molecule has 0 atom stereocenters. The molecule has 92 valence electrons. The normalized spacial score (nSPS) is 18.3. The molecule has 0 spiro atoms. The average Bonchev–Trinajstić information content (AvgIpc) is 2.39. The Morgan fingerprint density at radius 3 is 2.24 bits per heavy atom. The van der Waals surface area contributed by atoms with Crippen molar-refractivity contribution >= 4 is 12.6 Å². The van der Waals surface area contributed by atoms with Crippen LogP contribution in [0.4, 0.5) is 0 Å². The van der Waals surface area contributed by atoms with E-state index in [0.29, 0.717) is 11.4 Å². The third kappa shape index (κ3) is 3.09. The first-order chi connectivity index (χ1) is 8.20. The Kier molecular flexibility index (Phi) is 4.21. The second-order valence-corrected chi connectivity index (χ2v) is 4.75. The molecule has 0 unspecified atom stereocenters. The fourth-order valence-corrected chi connectivity index (χ4v) is 2.52. The van der Waals surface area contributed by atoms with Gasteiger partial charge in [0.05, 0.1) is 0 Å². The van der Waals surface area contributed by atoms with E-state index in [1.807, 2.05) is 24.3 Å². The van der Waals surface area contributed by atoms with Crippen molar-refractivity contribution in [1.82, 2.24) is 4.90 Å². The molecular weight excluding hydrogens is 213 g/mol. The van der Waals surface area contributed by atoms with Crippen LogP contribution in [-0.4, -0.2) is 41.7 Å². The number of hydrogen-bond donors (Lipinski definition) is 2. The highest BCUT2D eigenvalue weighted by molar-refractivity contribution is 6.58. The first-order valence-electron chi connectivity index (χ1n) is 6.39. The van der Waals surface area contributed by atoms with Crippen LogP contribution in [0.15, 0.2) is 24.3 Å². The molecule has 1 aromatic carbocycles. The molecule has 0 aliphatic carbocycles. The summed E-state index contributed by atoms with van der Waals surface area (Å²) < 4.78 is 0. The van der Waals surface area contributed by atoms with Crippen molar-refractivity contribution in [3.05, 3.63) is 29.8 Å². The second-order valence-electron chi connectivity index (χ2n) is 4.75. The molecule has 0 radical (unpaired) electrons. The summed E-state index contributed by atoms with van der Waals surface area (Å²) in [5, 5.41) is 18.1. The average molecular weight is 233 g/mol. The third-order valence-corrected chi connectivity index (χ3v) is 3.74. The predicted octanol–water partition coefficient (Wildman–Crippen LogP) is 0.566. The SMILES string of the molecule is CCN1CCC(c2ccc(B(O)O)cc2)CC1. The standard InChI is InChI=1S/C13H20BNO2/c1-2-15-9-7-12(8-10-15)11-3-5-13(6-4-11)14(16)17/h3-6,12,16-17H,2,7-10H2,1H3. The van der Waals surface area contributed by atoms with Crippen molar-refractivity contribution in [3.63, 3.8) is 0 Å². The summed E-state index contributed by atoms with van der Waals surface area (Å²) in [6, 6.07) is 7.68. The van der Waals surface area contributed by atoms with Crippen LogP contribution in [0.1, 0.15) is 31.2 Å². The predicted molar refractivity (Wildman–Crippen MR) is 70.4 cm³/mol. The Morgan fingerprint density at radius 1 is 1.18 bits per heavy atom. The van der Waals surface area contributed by atoms with Crippen LogP contribution in [0.3, 0.4) is 0 Å². The number of benzene rings is 1. The molecule has 4 heteroatoms. The molecule has 1 heterocycles. The molecule has 0 saturated carbocycles. The van der Waals surface area contributed by atoms with Crippen molar-refractivity contribution in [1.29, 1.82) is 0 Å². The number of nitrogens with zero attached hydrogens (tertiary/aromatic N) is 1. The van der Waals surface area contributed by atoms with Gasteiger partial charge in [0, 0.05) is 0 Å². The van der Waals surface area contributed by atoms with Crippen LogP contribution in [-0.2, 0) is 0 Å². The van der Waals surface area contributed by atoms with Gasteiger partial charge in [-0.3, -0.25) is 0 Å². The first-order valence-corrected chi connectivity index (χ1v) is 6.39. The Labute approximate surface area is 103 Å². The Hall–Kier alpha value is -0.835. The summed E-state index contributed by atoms with van der Waals surface area (Å²) in [7, 11) is -1.36. The van der Waals surface area contributed by atoms with Gasteiger partial charge in [0.1, 0.15) is 0 Å². The lowest BCUT2D eigenvalue weighted by atomic mass is 9.78. The van der Waals surface area contributed by atoms with Crippen LogP contribution >= 0.6 is 0 Å². The molecular formula is C13H20BNO2. The Bertz CT molecular complexity index is 345. The molecule has 1 saturated heterocycles. The summed E-state index contributed by atoms with van der Waals surface area (Å²) in [6.45, 7) is 5.69. The van der Waals surface area contributed by atoms with Gasteiger partial charge < -0.3 is 14.9 Å². The molecule has 1 fully saturated rings. The van der Waals surface area contributed by atoms with E-state index in [2.05, 4.69) is 11.8 Å². The third-order valence-electron chi connectivity index (χ3n) is 3.74. The van der Waals surface area contributed by atoms with Crippen LogP contribution in [0, 0.1) is 0 Å². The summed E-state index contributed by atoms with van der Waals surface area (Å²) in [4.78, 5) is 2.47. The van der Waals surface area contributed by atoms with E-state index in [0.717, 1.165) is 6.54 Å². The maximum atomic E-state index is 9.04. The first kappa shape index (κ1) is 12.6. The molecule has 2 rings (SSSR count). The van der Waals surface area contributed by atoms with Gasteiger partial charge in [0.25, 0.3) is 0 Å². The molecule has 1 aromatic rings. The van der Waals surface area contributed by atoms with Crippen LogP contribution in [0.2, 0.25) is 0 Å². The maximum absolute atomic E-state index is 9.04. The smallest absolute Gasteiger partial charge is 0.423 e. The zero-order valence-electron chi connectivity index (χ0n) is 10.3. The molecule has 2 N–H and O–H groups in total. The monoisotopic (exact) mass is 233 g/mol. The van der Waals surface area contributed by atoms with Gasteiger partial charge >= 0.3 is 7.12 Å². The summed E-state index contributed by atoms with van der Waals surface area (Å²) in [5.41, 5.74) is 1.89. The van der Waals surface area contributed by atoms with Crippen molar-refractivity contribution in [2.75, 3.05) is 19.6 Å². The molecule has 0 bridgehead atoms. The molecule has 0 amide bonds. The van der Waals surface area contributed by atoms with Gasteiger partial charge in [-0.05, 0) is 49.4 Å². The van der Waals surface area contributed by atoms with Gasteiger partial charge in [-0.1, -0.05) is 31.2 Å². The molecule has 17 heavy (non-hydrogen) atoms. The van der Waals surface area contributed by atoms with Crippen LogP contribution in [0.25, 0.3) is 0 Å². The van der Waals surface area contributed by atoms with E-state index in [4.69, 9.17) is 10.0 Å². The van der Waals surface area contributed by atoms with E-state index >= 15 is 0 Å². The second kappa shape index (κ2) is 5.67. The van der Waals surface area contributed by atoms with Gasteiger partial charge in [-0.2, -0.15) is 0 Å². The quantitative estimate of drug-likeness (QED) is 0.750. The highest BCUT2D eigenvalue weighted by Gasteiger charge is 2.20. The lowest BCUT2D eigenvalue weighted by Crippen LogP contribution is -2.33. The van der Waals surface area contributed by atoms with Crippen molar-refractivity contribution in [3.8, 4) is 0 Å². The number of hydrogen-bond acceptors (Lipinski definition) is 3. The van der Waals surface area contributed by atoms with Gasteiger partial charge in [-0.15, -0.1) is 0 Å². The minimum Gasteiger partial charge on any atom is -0.423 e. The fraction of sp³-hybridized carbons (Fsp3) is 0.538. The number of likely N-dealkylation sites (tertiary alicyclic amines) is 1. The van der Waals surface area contributed by atoms with Crippen LogP contribution < -0.4 is 5.46 Å². The lowest BCUT2D eigenvalue weighted by molar-refractivity contribution is 0.222. The highest BCUT2D eigenvalue weighted by atomic mass is 16.4. The summed E-state index contributed by atoms with van der Waals surface area (Å²) in [6.07, 6.45) is 2.41. The topological polar surface area (TPSA) is 43.7 Å². The van der Waals surface area contributed by atoms with Gasteiger partial charge in [0.2, 0.25) is 0 Å². The fourth-order valence-electron chi connectivity index (χ4n) is 2.52. The van der Waals surface area contributed by atoms with E-state index in [1.165, 1.54) is 31.5 Å². The lowest BCUT2D eigenvalue weighted by Gasteiger charge is -2.31. The summed E-state index contributed by atoms with van der Waals surface area (Å²) >= 11 is 0. The highest BCUT2D eigenvalue weighted by Crippen LogP contribution is 2.27. The van der Waals surface area contributed by atoms with Crippen molar-refractivity contribution < 1.29 is 10.0 Å². The molecule has 1 aliphatic heterocycles. The largest absolute Gasteiger partial charge is 0.488 e. The Morgan fingerprint density at radius 2 is 1.76 bits per heavy atom. The molecule has 3 nitrogen and oxygen atoms in total. The zero-order chi connectivity index (χ0) is 12.3. The minimum atomic E-state index is -1.36. The molecule has 1 aliphatic rings. The van der Waals surface area contributed by atoms with Crippen molar-refractivity contribution in [2.24, 2.45) is 0 Å². The van der Waals surface area contributed by atoms with E-state index < -0.39 is 7.12 Å². The van der Waals surface area contributed by atoms with Gasteiger partial charge in [-0.25, -0.2) is 0 Å². The minimum absolute atomic E-state index is 0.569. The number of piperidine rings is 1. The van der Waals surface area contributed by atoms with Crippen molar-refractivity contribution in [2.45, 2.75) is 25.7 Å². The maximum Gasteiger partial charge on any atom is 0.488 e. The van der Waals surface area contributed by atoms with E-state index in [1.54, 1.807) is 0 Å². The zero-order valence-corrected chi connectivity index (χ0v) is 10.3. The Balaban J connectivity index is 1.99. The van der Waals surface area contributed by atoms with E-state index in [9.17, 15) is 0 Å². The molecule has 0 aromatic heterocycles. The summed E-state index contributed by atoms with van der Waals surface area (Å²) in [5.74, 6) is 0.627. The number of rotatable bonds is 3. The van der Waals surface area contributed by atoms with Crippen LogP contribution in [0.5, 0.6) is 0 Å². The van der Waals surface area contributed by atoms with Gasteiger partial charge in [0.15, 0.2) is 0 Å². The van der Waals surface area contributed by atoms with E-state index in [-0.39, 0.29) is 0 Å².